The maximum Gasteiger partial charge on any atom is 0.0333 e. The quantitative estimate of drug-likeness (QED) is 0.646. The Kier molecular flexibility index (Phi) is 5.69. The third-order valence-electron chi connectivity index (χ3n) is 1.19. The molecule has 3 heteroatoms. The molecule has 0 aliphatic heterocycles. The lowest BCUT2D eigenvalue weighted by atomic mass is 10.5. The molecular formula is C7H15ClN2. The molecular weight excluding hydrogens is 148 g/mol. The molecule has 0 aromatic carbocycles. The Morgan fingerprint density at radius 3 is 2.70 bits per heavy atom. The van der Waals surface area contributed by atoms with E-state index in [0.29, 0.717) is 5.03 Å². The van der Waals surface area contributed by atoms with Gasteiger partial charge in [0.1, 0.15) is 0 Å². The standard InChI is InChI=1S/C7H15ClN2/c1-7(8)6-10(3)5-4-9-2/h9H,1,4-6H2,2-3H3. The van der Waals surface area contributed by atoms with E-state index in [-0.39, 0.29) is 0 Å². The van der Waals surface area contributed by atoms with Crippen LogP contribution < -0.4 is 5.32 Å². The first-order chi connectivity index (χ1) is 4.66. The highest BCUT2D eigenvalue weighted by Gasteiger charge is 1.96. The van der Waals surface area contributed by atoms with Crippen LogP contribution in [0.25, 0.3) is 0 Å². The predicted molar refractivity (Wildman–Crippen MR) is 46.4 cm³/mol. The second-order valence-electron chi connectivity index (χ2n) is 2.36. The Morgan fingerprint density at radius 2 is 2.30 bits per heavy atom. The maximum absolute atomic E-state index is 5.60. The normalized spacial score (nSPS) is 10.4. The van der Waals surface area contributed by atoms with Crippen molar-refractivity contribution in [2.45, 2.75) is 0 Å². The predicted octanol–water partition coefficient (Wildman–Crippen LogP) is 0.890. The summed E-state index contributed by atoms with van der Waals surface area (Å²) in [7, 11) is 3.95. The zero-order valence-electron chi connectivity index (χ0n) is 6.65. The second kappa shape index (κ2) is 5.71. The molecule has 0 aromatic rings. The van der Waals surface area contributed by atoms with Crippen LogP contribution in [0.15, 0.2) is 11.6 Å². The lowest BCUT2D eigenvalue weighted by Crippen LogP contribution is -2.28. The highest BCUT2D eigenvalue weighted by molar-refractivity contribution is 6.29. The first-order valence-corrected chi connectivity index (χ1v) is 3.71. The van der Waals surface area contributed by atoms with Gasteiger partial charge in [0.25, 0.3) is 0 Å². The van der Waals surface area contributed by atoms with Crippen LogP contribution in [0, 0.1) is 0 Å². The monoisotopic (exact) mass is 162 g/mol. The molecule has 0 fully saturated rings. The van der Waals surface area contributed by atoms with Crippen LogP contribution in [0.4, 0.5) is 0 Å². The molecule has 0 heterocycles. The summed E-state index contributed by atoms with van der Waals surface area (Å²) in [4.78, 5) is 2.12. The molecule has 0 aromatic heterocycles. The Labute approximate surface area is 67.9 Å². The highest BCUT2D eigenvalue weighted by Crippen LogP contribution is 1.97. The van der Waals surface area contributed by atoms with E-state index < -0.39 is 0 Å². The SMILES string of the molecule is C=C(Cl)CN(C)CCNC. The second-order valence-corrected chi connectivity index (χ2v) is 2.89. The van der Waals surface area contributed by atoms with Gasteiger partial charge in [-0.05, 0) is 14.1 Å². The van der Waals surface area contributed by atoms with Gasteiger partial charge >= 0.3 is 0 Å². The number of likely N-dealkylation sites (N-methyl/N-ethyl adjacent to an activating group) is 2. The Morgan fingerprint density at radius 1 is 1.70 bits per heavy atom. The van der Waals surface area contributed by atoms with Gasteiger partial charge in [-0.15, -0.1) is 0 Å². The summed E-state index contributed by atoms with van der Waals surface area (Å²) >= 11 is 5.60. The summed E-state index contributed by atoms with van der Waals surface area (Å²) in [5.74, 6) is 0. The van der Waals surface area contributed by atoms with E-state index >= 15 is 0 Å². The minimum atomic E-state index is 0.693. The van der Waals surface area contributed by atoms with Gasteiger partial charge in [-0.1, -0.05) is 18.2 Å². The molecule has 2 nitrogen and oxygen atoms in total. The summed E-state index contributed by atoms with van der Waals surface area (Å²) in [6.07, 6.45) is 0. The van der Waals surface area contributed by atoms with Gasteiger partial charge in [0.2, 0.25) is 0 Å². The van der Waals surface area contributed by atoms with Gasteiger partial charge in [-0.25, -0.2) is 0 Å². The molecule has 0 radical (unpaired) electrons. The van der Waals surface area contributed by atoms with Crippen LogP contribution in [0.1, 0.15) is 0 Å². The fourth-order valence-corrected chi connectivity index (χ4v) is 0.879. The average Bonchev–Trinajstić information content (AvgIpc) is 1.82. The van der Waals surface area contributed by atoms with Crippen molar-refractivity contribution in [2.75, 3.05) is 33.7 Å². The van der Waals surface area contributed by atoms with Gasteiger partial charge < -0.3 is 5.32 Å². The number of nitrogens with one attached hydrogen (secondary N) is 1. The van der Waals surface area contributed by atoms with Crippen LogP contribution in [-0.2, 0) is 0 Å². The van der Waals surface area contributed by atoms with Crippen molar-refractivity contribution in [2.24, 2.45) is 0 Å². The highest BCUT2D eigenvalue weighted by atomic mass is 35.5. The zero-order valence-corrected chi connectivity index (χ0v) is 7.41. The lowest BCUT2D eigenvalue weighted by Gasteiger charge is -2.14. The van der Waals surface area contributed by atoms with Gasteiger partial charge in [0, 0.05) is 24.7 Å². The average molecular weight is 163 g/mol. The topological polar surface area (TPSA) is 15.3 Å². The molecule has 0 spiro atoms. The van der Waals surface area contributed by atoms with E-state index in [1.165, 1.54) is 0 Å². The summed E-state index contributed by atoms with van der Waals surface area (Å²) < 4.78 is 0. The van der Waals surface area contributed by atoms with Gasteiger partial charge in [0.05, 0.1) is 0 Å². The molecule has 0 atom stereocenters. The van der Waals surface area contributed by atoms with Crippen LogP contribution in [0.5, 0.6) is 0 Å². The Hall–Kier alpha value is -0.0500. The van der Waals surface area contributed by atoms with Crippen LogP contribution >= 0.6 is 11.6 Å². The molecule has 0 aliphatic carbocycles. The van der Waals surface area contributed by atoms with E-state index in [9.17, 15) is 0 Å². The smallest absolute Gasteiger partial charge is 0.0333 e. The van der Waals surface area contributed by atoms with Crippen LogP contribution in [-0.4, -0.2) is 38.6 Å². The first-order valence-electron chi connectivity index (χ1n) is 3.33. The molecule has 0 bridgehead atoms. The molecule has 0 aliphatic rings. The van der Waals surface area contributed by atoms with E-state index in [1.54, 1.807) is 0 Å². The van der Waals surface area contributed by atoms with Crippen LogP contribution in [0.3, 0.4) is 0 Å². The number of hydrogen-bond donors (Lipinski definition) is 1. The minimum absolute atomic E-state index is 0.693. The third kappa shape index (κ3) is 6.08. The molecule has 60 valence electrons. The van der Waals surface area contributed by atoms with Crippen molar-refractivity contribution in [1.29, 1.82) is 0 Å². The summed E-state index contributed by atoms with van der Waals surface area (Å²) in [6, 6.07) is 0. The fourth-order valence-electron chi connectivity index (χ4n) is 0.675. The summed E-state index contributed by atoms with van der Waals surface area (Å²) in [5, 5.41) is 3.75. The Balaban J connectivity index is 3.25. The third-order valence-corrected chi connectivity index (χ3v) is 1.30. The van der Waals surface area contributed by atoms with Crippen molar-refractivity contribution in [1.82, 2.24) is 10.2 Å². The lowest BCUT2D eigenvalue weighted by molar-refractivity contribution is 0.368. The number of rotatable bonds is 5. The molecule has 10 heavy (non-hydrogen) atoms. The summed E-state index contributed by atoms with van der Waals surface area (Å²) in [5.41, 5.74) is 0. The summed E-state index contributed by atoms with van der Waals surface area (Å²) in [6.45, 7) is 6.36. The first kappa shape index (κ1) is 9.95. The van der Waals surface area contributed by atoms with E-state index in [4.69, 9.17) is 11.6 Å². The van der Waals surface area contributed by atoms with E-state index in [1.807, 2.05) is 14.1 Å². The van der Waals surface area contributed by atoms with Crippen molar-refractivity contribution >= 4 is 11.6 Å². The molecule has 0 amide bonds. The van der Waals surface area contributed by atoms with Gasteiger partial charge in [-0.3, -0.25) is 4.90 Å². The number of nitrogens with zero attached hydrogens (tertiary/aromatic N) is 1. The fraction of sp³-hybridized carbons (Fsp3) is 0.714. The zero-order chi connectivity index (χ0) is 7.98. The minimum Gasteiger partial charge on any atom is -0.318 e. The molecule has 1 N–H and O–H groups in total. The van der Waals surface area contributed by atoms with E-state index in [2.05, 4.69) is 16.8 Å². The maximum atomic E-state index is 5.60. The number of hydrogen-bond acceptors (Lipinski definition) is 2. The van der Waals surface area contributed by atoms with Crippen molar-refractivity contribution in [3.63, 3.8) is 0 Å². The Bertz CT molecular complexity index is 104. The molecule has 0 rings (SSSR count). The van der Waals surface area contributed by atoms with Crippen LogP contribution in [0.2, 0.25) is 0 Å². The van der Waals surface area contributed by atoms with Gasteiger partial charge in [0.15, 0.2) is 0 Å². The van der Waals surface area contributed by atoms with Crippen molar-refractivity contribution in [3.05, 3.63) is 11.6 Å². The van der Waals surface area contributed by atoms with E-state index in [0.717, 1.165) is 19.6 Å². The van der Waals surface area contributed by atoms with Crippen molar-refractivity contribution < 1.29 is 0 Å². The molecule has 0 saturated heterocycles. The molecule has 0 unspecified atom stereocenters. The van der Waals surface area contributed by atoms with Gasteiger partial charge in [-0.2, -0.15) is 0 Å². The molecule has 0 saturated carbocycles. The largest absolute Gasteiger partial charge is 0.318 e. The van der Waals surface area contributed by atoms with Crippen molar-refractivity contribution in [3.8, 4) is 0 Å². The number of halogens is 1.